The lowest BCUT2D eigenvalue weighted by molar-refractivity contribution is 0.0935. The van der Waals surface area contributed by atoms with E-state index >= 15 is 0 Å². The van der Waals surface area contributed by atoms with E-state index in [4.69, 9.17) is 0 Å². The van der Waals surface area contributed by atoms with Gasteiger partial charge >= 0.3 is 0 Å². The van der Waals surface area contributed by atoms with Crippen LogP contribution in [0.5, 0.6) is 0 Å². The number of piperidine rings is 1. The van der Waals surface area contributed by atoms with Crippen molar-refractivity contribution in [2.45, 2.75) is 19.4 Å². The minimum atomic E-state index is -0.0349. The van der Waals surface area contributed by atoms with Gasteiger partial charge in [0, 0.05) is 44.4 Å². The van der Waals surface area contributed by atoms with E-state index in [2.05, 4.69) is 36.8 Å². The van der Waals surface area contributed by atoms with Crippen LogP contribution in [0.1, 0.15) is 28.9 Å². The molecule has 7 nitrogen and oxygen atoms in total. The first kappa shape index (κ1) is 16.8. The second-order valence-electron chi connectivity index (χ2n) is 7.00. The van der Waals surface area contributed by atoms with Gasteiger partial charge in [-0.15, -0.1) is 0 Å². The Hall–Kier alpha value is -2.67. The largest absolute Gasteiger partial charge is 0.352 e. The van der Waals surface area contributed by atoms with Crippen LogP contribution < -0.4 is 5.32 Å². The topological polar surface area (TPSA) is 67.5 Å². The molecule has 7 heteroatoms. The number of hydrogen-bond acceptors (Lipinski definition) is 4. The van der Waals surface area contributed by atoms with E-state index in [0.29, 0.717) is 11.5 Å². The number of aryl methyl sites for hydroxylation is 1. The third-order valence-electron chi connectivity index (χ3n) is 5.12. The summed E-state index contributed by atoms with van der Waals surface area (Å²) < 4.78 is 3.80. The number of carbonyl (C=O) groups is 1. The van der Waals surface area contributed by atoms with Crippen molar-refractivity contribution in [2.24, 2.45) is 13.0 Å². The number of imidazole rings is 1. The van der Waals surface area contributed by atoms with Crippen molar-refractivity contribution in [3.8, 4) is 0 Å². The molecule has 26 heavy (non-hydrogen) atoms. The minimum Gasteiger partial charge on any atom is -0.352 e. The van der Waals surface area contributed by atoms with Crippen LogP contribution in [0.4, 0.5) is 0 Å². The van der Waals surface area contributed by atoms with Gasteiger partial charge in [0.25, 0.3) is 5.91 Å². The zero-order valence-corrected chi connectivity index (χ0v) is 15.0. The predicted octanol–water partition coefficient (Wildman–Crippen LogP) is 1.71. The summed E-state index contributed by atoms with van der Waals surface area (Å²) in [6, 6.07) is 6.26. The number of carbonyl (C=O) groups excluding carboxylic acids is 1. The number of aromatic nitrogens is 4. The molecular weight excluding hydrogens is 328 g/mol. The van der Waals surface area contributed by atoms with Gasteiger partial charge in [-0.05, 0) is 44.0 Å². The van der Waals surface area contributed by atoms with Gasteiger partial charge in [0.2, 0.25) is 0 Å². The first-order valence-electron chi connectivity index (χ1n) is 9.09. The van der Waals surface area contributed by atoms with Crippen molar-refractivity contribution in [2.75, 3.05) is 19.6 Å². The Morgan fingerprint density at radius 2 is 2.15 bits per heavy atom. The van der Waals surface area contributed by atoms with Gasteiger partial charge in [0.05, 0.1) is 11.8 Å². The van der Waals surface area contributed by atoms with E-state index in [1.54, 1.807) is 17.1 Å². The Balaban J connectivity index is 1.26. The molecule has 0 spiro atoms. The van der Waals surface area contributed by atoms with Crippen LogP contribution in [-0.2, 0) is 13.6 Å². The van der Waals surface area contributed by atoms with Crippen LogP contribution in [0.15, 0.2) is 43.0 Å². The van der Waals surface area contributed by atoms with Crippen molar-refractivity contribution in [1.82, 2.24) is 29.4 Å². The van der Waals surface area contributed by atoms with Gasteiger partial charge in [-0.25, -0.2) is 4.98 Å². The molecule has 1 aliphatic rings. The first-order chi connectivity index (χ1) is 12.7. The summed E-state index contributed by atoms with van der Waals surface area (Å²) in [4.78, 5) is 19.0. The molecule has 0 bridgehead atoms. The third-order valence-corrected chi connectivity index (χ3v) is 5.12. The molecule has 0 radical (unpaired) electrons. The lowest BCUT2D eigenvalue weighted by atomic mass is 9.96. The van der Waals surface area contributed by atoms with Crippen molar-refractivity contribution >= 4 is 11.6 Å². The van der Waals surface area contributed by atoms with Crippen LogP contribution in [0.3, 0.4) is 0 Å². The van der Waals surface area contributed by atoms with Crippen LogP contribution in [0.2, 0.25) is 0 Å². The molecule has 4 rings (SSSR count). The second-order valence-corrected chi connectivity index (χ2v) is 7.00. The Labute approximate surface area is 152 Å². The number of nitrogens with zero attached hydrogens (tertiary/aromatic N) is 5. The molecule has 4 heterocycles. The van der Waals surface area contributed by atoms with Crippen molar-refractivity contribution in [1.29, 1.82) is 0 Å². The Morgan fingerprint density at radius 3 is 2.92 bits per heavy atom. The number of rotatable bonds is 5. The number of amides is 1. The monoisotopic (exact) mass is 352 g/mol. The van der Waals surface area contributed by atoms with E-state index in [1.807, 2.05) is 25.5 Å². The quantitative estimate of drug-likeness (QED) is 0.759. The molecule has 1 saturated heterocycles. The van der Waals surface area contributed by atoms with Crippen LogP contribution in [-0.4, -0.2) is 49.6 Å². The maximum atomic E-state index is 12.1. The van der Waals surface area contributed by atoms with Gasteiger partial charge < -0.3 is 9.72 Å². The van der Waals surface area contributed by atoms with E-state index < -0.39 is 0 Å². The molecule has 3 aromatic heterocycles. The normalized spacial score (nSPS) is 16.2. The summed E-state index contributed by atoms with van der Waals surface area (Å²) in [5.41, 5.74) is 2.89. The van der Waals surface area contributed by atoms with E-state index in [0.717, 1.165) is 44.7 Å². The zero-order valence-electron chi connectivity index (χ0n) is 15.0. The van der Waals surface area contributed by atoms with Crippen LogP contribution in [0.25, 0.3) is 5.65 Å². The minimum absolute atomic E-state index is 0.0349. The van der Waals surface area contributed by atoms with Gasteiger partial charge in [-0.1, -0.05) is 6.07 Å². The lowest BCUT2D eigenvalue weighted by Gasteiger charge is -2.32. The number of hydrogen-bond donors (Lipinski definition) is 1. The molecule has 0 saturated carbocycles. The van der Waals surface area contributed by atoms with Gasteiger partial charge in [-0.2, -0.15) is 5.10 Å². The van der Waals surface area contributed by atoms with Crippen molar-refractivity contribution in [3.05, 3.63) is 54.2 Å². The Bertz CT molecular complexity index is 890. The summed E-state index contributed by atoms with van der Waals surface area (Å²) in [6.45, 7) is 3.78. The van der Waals surface area contributed by atoms with Gasteiger partial charge in [0.1, 0.15) is 5.65 Å². The maximum absolute atomic E-state index is 12.1. The molecule has 136 valence electrons. The highest BCUT2D eigenvalue weighted by Crippen LogP contribution is 2.19. The number of fused-ring (bicyclic) bond motifs is 1. The third kappa shape index (κ3) is 3.62. The number of likely N-dealkylation sites (tertiary alicyclic amines) is 1. The standard InChI is InChI=1S/C19H24N6O/c1-23-13-16(12-22-23)19(26)21-11-15-5-8-24(9-6-15)14-17-3-2-4-18-20-7-10-25(17)18/h2-4,7,10,12-13,15H,5-6,8-9,11,14H2,1H3,(H,21,26). The predicted molar refractivity (Wildman–Crippen MR) is 98.7 cm³/mol. The summed E-state index contributed by atoms with van der Waals surface area (Å²) in [7, 11) is 1.82. The fourth-order valence-electron chi connectivity index (χ4n) is 3.59. The number of pyridine rings is 1. The Morgan fingerprint density at radius 1 is 1.31 bits per heavy atom. The highest BCUT2D eigenvalue weighted by atomic mass is 16.1. The molecule has 0 aliphatic carbocycles. The molecule has 0 unspecified atom stereocenters. The Kier molecular flexibility index (Phi) is 4.71. The molecule has 3 aromatic rings. The highest BCUT2D eigenvalue weighted by Gasteiger charge is 2.20. The molecule has 1 N–H and O–H groups in total. The summed E-state index contributed by atoms with van der Waals surface area (Å²) in [6.07, 6.45) is 9.42. The summed E-state index contributed by atoms with van der Waals surface area (Å²) in [5.74, 6) is 0.503. The van der Waals surface area contributed by atoms with Crippen LogP contribution >= 0.6 is 0 Å². The molecular formula is C19H24N6O. The average Bonchev–Trinajstić information content (AvgIpc) is 3.30. The molecule has 1 aliphatic heterocycles. The van der Waals surface area contributed by atoms with E-state index in [-0.39, 0.29) is 5.91 Å². The smallest absolute Gasteiger partial charge is 0.254 e. The van der Waals surface area contributed by atoms with Crippen LogP contribution in [0, 0.1) is 5.92 Å². The fraction of sp³-hybridized carbons (Fsp3) is 0.421. The average molecular weight is 352 g/mol. The highest BCUT2D eigenvalue weighted by molar-refractivity contribution is 5.93. The van der Waals surface area contributed by atoms with E-state index in [9.17, 15) is 4.79 Å². The van der Waals surface area contributed by atoms with Crippen molar-refractivity contribution in [3.63, 3.8) is 0 Å². The zero-order chi connectivity index (χ0) is 17.9. The van der Waals surface area contributed by atoms with E-state index in [1.165, 1.54) is 5.69 Å². The molecule has 1 fully saturated rings. The van der Waals surface area contributed by atoms with Gasteiger partial charge in [0.15, 0.2) is 0 Å². The number of nitrogens with one attached hydrogen (secondary N) is 1. The van der Waals surface area contributed by atoms with Gasteiger partial charge in [-0.3, -0.25) is 14.4 Å². The SMILES string of the molecule is Cn1cc(C(=O)NCC2CCN(Cc3cccc4nccn34)CC2)cn1. The second kappa shape index (κ2) is 7.29. The molecule has 1 amide bonds. The maximum Gasteiger partial charge on any atom is 0.254 e. The first-order valence-corrected chi connectivity index (χ1v) is 9.09. The summed E-state index contributed by atoms with van der Waals surface area (Å²) in [5, 5.41) is 7.09. The summed E-state index contributed by atoms with van der Waals surface area (Å²) >= 11 is 0. The molecule has 0 atom stereocenters. The fourth-order valence-corrected chi connectivity index (χ4v) is 3.59. The molecule has 0 aromatic carbocycles. The van der Waals surface area contributed by atoms with Crippen molar-refractivity contribution < 1.29 is 4.79 Å². The lowest BCUT2D eigenvalue weighted by Crippen LogP contribution is -2.38.